The van der Waals surface area contributed by atoms with Gasteiger partial charge in [-0.25, -0.2) is 0 Å². The molecule has 1 fully saturated rings. The van der Waals surface area contributed by atoms with Gasteiger partial charge in [-0.15, -0.1) is 6.58 Å². The Morgan fingerprint density at radius 2 is 2.15 bits per heavy atom. The first-order chi connectivity index (χ1) is 6.11. The molecule has 0 radical (unpaired) electrons. The highest BCUT2D eigenvalue weighted by Crippen LogP contribution is 2.45. The van der Waals surface area contributed by atoms with Crippen molar-refractivity contribution in [2.45, 2.75) is 32.0 Å². The molecule has 1 saturated carbocycles. The summed E-state index contributed by atoms with van der Waals surface area (Å²) in [5.74, 6) is -0.215. The Bertz CT molecular complexity index is 193. The standard InChI is InChI=1S/C10H18O3/c1-3-10(4-2)5-7(6-11)8(12)9(10)13/h3,7-9,11-13H,1,4-6H2,2H3/t7-,8+,9+,10+/m0/s1. The average Bonchev–Trinajstić information content (AvgIpc) is 2.42. The zero-order chi connectivity index (χ0) is 10.1. The Labute approximate surface area is 78.7 Å². The van der Waals surface area contributed by atoms with Gasteiger partial charge in [0.1, 0.15) is 0 Å². The van der Waals surface area contributed by atoms with Crippen molar-refractivity contribution in [1.82, 2.24) is 0 Å². The summed E-state index contributed by atoms with van der Waals surface area (Å²) in [6, 6.07) is 0. The normalized spacial score (nSPS) is 45.1. The van der Waals surface area contributed by atoms with Crippen molar-refractivity contribution in [2.24, 2.45) is 11.3 Å². The van der Waals surface area contributed by atoms with Crippen molar-refractivity contribution in [2.75, 3.05) is 6.61 Å². The molecule has 4 atom stereocenters. The van der Waals surface area contributed by atoms with E-state index in [0.29, 0.717) is 6.42 Å². The molecule has 0 aromatic rings. The van der Waals surface area contributed by atoms with Crippen LogP contribution in [-0.4, -0.2) is 34.1 Å². The minimum absolute atomic E-state index is 0.0756. The number of hydrogen-bond donors (Lipinski definition) is 3. The number of hydrogen-bond acceptors (Lipinski definition) is 3. The molecule has 1 aliphatic carbocycles. The molecule has 0 bridgehead atoms. The highest BCUT2D eigenvalue weighted by Gasteiger charge is 2.49. The first kappa shape index (κ1) is 10.7. The summed E-state index contributed by atoms with van der Waals surface area (Å²) in [5, 5.41) is 28.3. The van der Waals surface area contributed by atoms with Crippen LogP contribution in [0, 0.1) is 11.3 Å². The first-order valence-electron chi connectivity index (χ1n) is 4.72. The van der Waals surface area contributed by atoms with Gasteiger partial charge in [0, 0.05) is 17.9 Å². The van der Waals surface area contributed by atoms with Crippen LogP contribution in [0.5, 0.6) is 0 Å². The van der Waals surface area contributed by atoms with Crippen molar-refractivity contribution in [3.63, 3.8) is 0 Å². The van der Waals surface area contributed by atoms with Gasteiger partial charge in [0.05, 0.1) is 12.2 Å². The molecule has 13 heavy (non-hydrogen) atoms. The molecule has 3 heteroatoms. The quantitative estimate of drug-likeness (QED) is 0.556. The molecule has 3 N–H and O–H groups in total. The van der Waals surface area contributed by atoms with Crippen LogP contribution in [-0.2, 0) is 0 Å². The Morgan fingerprint density at radius 3 is 2.38 bits per heavy atom. The molecule has 0 heterocycles. The number of aliphatic hydroxyl groups excluding tert-OH is 3. The van der Waals surface area contributed by atoms with Crippen LogP contribution in [0.4, 0.5) is 0 Å². The summed E-state index contributed by atoms with van der Waals surface area (Å²) in [7, 11) is 0. The lowest BCUT2D eigenvalue weighted by Crippen LogP contribution is -2.34. The minimum atomic E-state index is -0.817. The second kappa shape index (κ2) is 3.78. The van der Waals surface area contributed by atoms with Crippen molar-refractivity contribution in [3.8, 4) is 0 Å². The molecule has 76 valence electrons. The van der Waals surface area contributed by atoms with Gasteiger partial charge in [-0.05, 0) is 12.8 Å². The highest BCUT2D eigenvalue weighted by molar-refractivity contribution is 5.09. The summed E-state index contributed by atoms with van der Waals surface area (Å²) in [4.78, 5) is 0. The Balaban J connectivity index is 2.85. The van der Waals surface area contributed by atoms with Crippen LogP contribution in [0.3, 0.4) is 0 Å². The Hall–Kier alpha value is -0.380. The fraction of sp³-hybridized carbons (Fsp3) is 0.800. The van der Waals surface area contributed by atoms with Gasteiger partial charge >= 0.3 is 0 Å². The molecular formula is C10H18O3. The van der Waals surface area contributed by atoms with E-state index in [1.165, 1.54) is 0 Å². The summed E-state index contributed by atoms with van der Waals surface area (Å²) in [5.41, 5.74) is -0.410. The van der Waals surface area contributed by atoms with Crippen LogP contribution in [0.25, 0.3) is 0 Å². The van der Waals surface area contributed by atoms with Crippen LogP contribution in [0.1, 0.15) is 19.8 Å². The molecule has 0 spiro atoms. The summed E-state index contributed by atoms with van der Waals surface area (Å²) < 4.78 is 0. The third kappa shape index (κ3) is 1.52. The third-order valence-electron chi connectivity index (χ3n) is 3.34. The van der Waals surface area contributed by atoms with Gasteiger partial charge in [0.15, 0.2) is 0 Å². The van der Waals surface area contributed by atoms with Gasteiger partial charge in [-0.2, -0.15) is 0 Å². The van der Waals surface area contributed by atoms with E-state index in [1.54, 1.807) is 6.08 Å². The summed E-state index contributed by atoms with van der Waals surface area (Å²) in [6.07, 6.45) is 1.46. The van der Waals surface area contributed by atoms with Gasteiger partial charge in [0.25, 0.3) is 0 Å². The van der Waals surface area contributed by atoms with Crippen molar-refractivity contribution < 1.29 is 15.3 Å². The first-order valence-corrected chi connectivity index (χ1v) is 4.72. The summed E-state index contributed by atoms with van der Waals surface area (Å²) >= 11 is 0. The average molecular weight is 186 g/mol. The zero-order valence-electron chi connectivity index (χ0n) is 7.98. The molecule has 3 nitrogen and oxygen atoms in total. The largest absolute Gasteiger partial charge is 0.396 e. The van der Waals surface area contributed by atoms with Crippen molar-refractivity contribution in [3.05, 3.63) is 12.7 Å². The highest BCUT2D eigenvalue weighted by atomic mass is 16.3. The van der Waals surface area contributed by atoms with Crippen molar-refractivity contribution in [1.29, 1.82) is 0 Å². The van der Waals surface area contributed by atoms with Crippen LogP contribution in [0.15, 0.2) is 12.7 Å². The Morgan fingerprint density at radius 1 is 1.54 bits per heavy atom. The second-order valence-corrected chi connectivity index (χ2v) is 3.87. The van der Waals surface area contributed by atoms with E-state index in [1.807, 2.05) is 6.92 Å². The SMILES string of the molecule is C=C[C@@]1(CC)C[C@@H](CO)[C@@H](O)[C@H]1O. The smallest absolute Gasteiger partial charge is 0.0892 e. The topological polar surface area (TPSA) is 60.7 Å². The van der Waals surface area contributed by atoms with E-state index in [2.05, 4.69) is 6.58 Å². The number of aliphatic hydroxyl groups is 3. The van der Waals surface area contributed by atoms with E-state index in [9.17, 15) is 10.2 Å². The Kier molecular flexibility index (Phi) is 3.11. The van der Waals surface area contributed by atoms with Gasteiger partial charge in [-0.3, -0.25) is 0 Å². The lowest BCUT2D eigenvalue weighted by atomic mass is 9.81. The predicted molar refractivity (Wildman–Crippen MR) is 50.1 cm³/mol. The second-order valence-electron chi connectivity index (χ2n) is 3.87. The molecule has 0 aromatic carbocycles. The third-order valence-corrected chi connectivity index (χ3v) is 3.34. The monoisotopic (exact) mass is 186 g/mol. The molecular weight excluding hydrogens is 168 g/mol. The lowest BCUT2D eigenvalue weighted by Gasteiger charge is -2.28. The van der Waals surface area contributed by atoms with Crippen LogP contribution < -0.4 is 0 Å². The van der Waals surface area contributed by atoms with Gasteiger partial charge in [0.2, 0.25) is 0 Å². The van der Waals surface area contributed by atoms with Gasteiger partial charge < -0.3 is 15.3 Å². The maximum atomic E-state index is 9.78. The summed E-state index contributed by atoms with van der Waals surface area (Å²) in [6.45, 7) is 5.57. The fourth-order valence-electron chi connectivity index (χ4n) is 2.20. The van der Waals surface area contributed by atoms with Crippen LogP contribution >= 0.6 is 0 Å². The zero-order valence-corrected chi connectivity index (χ0v) is 7.98. The molecule has 0 saturated heterocycles. The molecule has 1 rings (SSSR count). The number of rotatable bonds is 3. The van der Waals surface area contributed by atoms with Gasteiger partial charge in [-0.1, -0.05) is 13.0 Å². The molecule has 0 aliphatic heterocycles. The predicted octanol–water partition coefficient (Wildman–Crippen LogP) is 0.303. The van der Waals surface area contributed by atoms with E-state index < -0.39 is 17.6 Å². The molecule has 0 unspecified atom stereocenters. The van der Waals surface area contributed by atoms with Crippen LogP contribution in [0.2, 0.25) is 0 Å². The maximum absolute atomic E-state index is 9.78. The fourth-order valence-corrected chi connectivity index (χ4v) is 2.20. The molecule has 0 amide bonds. The maximum Gasteiger partial charge on any atom is 0.0892 e. The minimum Gasteiger partial charge on any atom is -0.396 e. The van der Waals surface area contributed by atoms with E-state index in [0.717, 1.165) is 6.42 Å². The van der Waals surface area contributed by atoms with E-state index in [4.69, 9.17) is 5.11 Å². The van der Waals surface area contributed by atoms with Crippen molar-refractivity contribution >= 4 is 0 Å². The van der Waals surface area contributed by atoms with E-state index >= 15 is 0 Å². The van der Waals surface area contributed by atoms with E-state index in [-0.39, 0.29) is 12.5 Å². The molecule has 0 aromatic heterocycles. The lowest BCUT2D eigenvalue weighted by molar-refractivity contribution is -0.0214. The molecule has 1 aliphatic rings.